The van der Waals surface area contributed by atoms with Gasteiger partial charge in [0.15, 0.2) is 0 Å². The highest BCUT2D eigenvalue weighted by atomic mass is 16.3. The summed E-state index contributed by atoms with van der Waals surface area (Å²) in [6.07, 6.45) is 4.45. The zero-order valence-corrected chi connectivity index (χ0v) is 10.2. The molecule has 0 bridgehead atoms. The highest BCUT2D eigenvalue weighted by Crippen LogP contribution is 2.20. The van der Waals surface area contributed by atoms with E-state index in [1.54, 1.807) is 10.9 Å². The minimum atomic E-state index is -0.534. The van der Waals surface area contributed by atoms with Gasteiger partial charge in [-0.05, 0) is 18.6 Å². The molecule has 1 N–H and O–H groups in total. The van der Waals surface area contributed by atoms with E-state index >= 15 is 0 Å². The number of aromatic nitrogens is 3. The van der Waals surface area contributed by atoms with Gasteiger partial charge in [0.2, 0.25) is 0 Å². The van der Waals surface area contributed by atoms with Gasteiger partial charge < -0.3 is 5.11 Å². The van der Waals surface area contributed by atoms with Crippen molar-refractivity contribution in [1.82, 2.24) is 14.8 Å². The molecular formula is C13H17N3O. The molecule has 1 atom stereocenters. The lowest BCUT2D eigenvalue weighted by Gasteiger charge is -2.09. The van der Waals surface area contributed by atoms with Crippen LogP contribution in [0.25, 0.3) is 0 Å². The maximum atomic E-state index is 10.2. The van der Waals surface area contributed by atoms with Gasteiger partial charge in [-0.2, -0.15) is 5.10 Å². The molecule has 0 radical (unpaired) electrons. The molecule has 0 fully saturated rings. The van der Waals surface area contributed by atoms with Crippen molar-refractivity contribution in [2.45, 2.75) is 25.9 Å². The number of rotatable bonds is 4. The number of nitrogens with zero attached hydrogens (tertiary/aromatic N) is 3. The van der Waals surface area contributed by atoms with Crippen molar-refractivity contribution in [2.24, 2.45) is 7.05 Å². The Balaban J connectivity index is 2.17. The molecule has 0 aromatic carbocycles. The van der Waals surface area contributed by atoms with Crippen molar-refractivity contribution in [1.29, 1.82) is 0 Å². The van der Waals surface area contributed by atoms with Gasteiger partial charge in [0.1, 0.15) is 0 Å². The Morgan fingerprint density at radius 2 is 2.24 bits per heavy atom. The summed E-state index contributed by atoms with van der Waals surface area (Å²) in [4.78, 5) is 4.22. The topological polar surface area (TPSA) is 50.9 Å². The summed E-state index contributed by atoms with van der Waals surface area (Å²) in [5.74, 6) is 0. The van der Waals surface area contributed by atoms with E-state index in [9.17, 15) is 5.11 Å². The normalized spacial score (nSPS) is 12.6. The van der Waals surface area contributed by atoms with Gasteiger partial charge in [-0.3, -0.25) is 9.67 Å². The summed E-state index contributed by atoms with van der Waals surface area (Å²) in [5, 5.41) is 14.5. The molecule has 0 saturated carbocycles. The molecule has 4 heteroatoms. The zero-order chi connectivity index (χ0) is 12.3. The van der Waals surface area contributed by atoms with E-state index in [4.69, 9.17) is 0 Å². The van der Waals surface area contributed by atoms with E-state index in [0.717, 1.165) is 23.4 Å². The number of pyridine rings is 1. The van der Waals surface area contributed by atoms with E-state index < -0.39 is 6.10 Å². The molecule has 4 nitrogen and oxygen atoms in total. The first-order chi connectivity index (χ1) is 8.20. The maximum absolute atomic E-state index is 10.2. The molecule has 0 spiro atoms. The summed E-state index contributed by atoms with van der Waals surface area (Å²) < 4.78 is 1.75. The van der Waals surface area contributed by atoms with Crippen molar-refractivity contribution in [3.05, 3.63) is 47.5 Å². The second-order valence-corrected chi connectivity index (χ2v) is 4.10. The zero-order valence-electron chi connectivity index (χ0n) is 10.2. The van der Waals surface area contributed by atoms with Crippen LogP contribution in [0.15, 0.2) is 30.6 Å². The lowest BCUT2D eigenvalue weighted by molar-refractivity contribution is 0.176. The van der Waals surface area contributed by atoms with Crippen molar-refractivity contribution in [2.75, 3.05) is 0 Å². The molecule has 2 heterocycles. The molecule has 1 unspecified atom stereocenters. The quantitative estimate of drug-likeness (QED) is 0.870. The molecule has 2 aromatic rings. The molecule has 0 amide bonds. The van der Waals surface area contributed by atoms with Crippen molar-refractivity contribution < 1.29 is 5.11 Å². The van der Waals surface area contributed by atoms with Gasteiger partial charge in [-0.1, -0.05) is 13.0 Å². The highest BCUT2D eigenvalue weighted by Gasteiger charge is 2.15. The fraction of sp³-hybridized carbons (Fsp3) is 0.385. The minimum Gasteiger partial charge on any atom is -0.388 e. The van der Waals surface area contributed by atoms with E-state index in [2.05, 4.69) is 10.1 Å². The Morgan fingerprint density at radius 3 is 2.88 bits per heavy atom. The fourth-order valence-electron chi connectivity index (χ4n) is 1.93. The Bertz CT molecular complexity index is 479. The summed E-state index contributed by atoms with van der Waals surface area (Å²) >= 11 is 0. The Hall–Kier alpha value is -1.68. The summed E-state index contributed by atoms with van der Waals surface area (Å²) in [5.41, 5.74) is 2.75. The average molecular weight is 231 g/mol. The second-order valence-electron chi connectivity index (χ2n) is 4.10. The minimum absolute atomic E-state index is 0.527. The molecule has 2 rings (SSSR count). The number of aryl methyl sites for hydroxylation is 2. The van der Waals surface area contributed by atoms with Gasteiger partial charge in [0.05, 0.1) is 11.8 Å². The average Bonchev–Trinajstić information content (AvgIpc) is 2.72. The number of hydrogen-bond acceptors (Lipinski definition) is 3. The molecule has 0 saturated heterocycles. The van der Waals surface area contributed by atoms with Crippen LogP contribution in [0.3, 0.4) is 0 Å². The van der Waals surface area contributed by atoms with Gasteiger partial charge in [-0.25, -0.2) is 0 Å². The Labute approximate surface area is 101 Å². The molecule has 2 aromatic heterocycles. The summed E-state index contributed by atoms with van der Waals surface area (Å²) in [6, 6.07) is 5.72. The summed E-state index contributed by atoms with van der Waals surface area (Å²) in [7, 11) is 1.87. The van der Waals surface area contributed by atoms with Crippen LogP contribution in [0.5, 0.6) is 0 Å². The van der Waals surface area contributed by atoms with Crippen molar-refractivity contribution >= 4 is 0 Å². The SMILES string of the molecule is CCc1nn(C)cc1C(O)Cc1ccccn1. The number of aliphatic hydroxyl groups is 1. The van der Waals surface area contributed by atoms with E-state index in [1.165, 1.54) is 0 Å². The monoisotopic (exact) mass is 231 g/mol. The van der Waals surface area contributed by atoms with Crippen LogP contribution in [0.1, 0.15) is 30.0 Å². The van der Waals surface area contributed by atoms with Crippen LogP contribution in [0.4, 0.5) is 0 Å². The molecule has 17 heavy (non-hydrogen) atoms. The first-order valence-electron chi connectivity index (χ1n) is 5.81. The van der Waals surface area contributed by atoms with Crippen LogP contribution < -0.4 is 0 Å². The van der Waals surface area contributed by atoms with Crippen LogP contribution in [0.2, 0.25) is 0 Å². The molecular weight excluding hydrogens is 214 g/mol. The molecule has 0 aliphatic carbocycles. The third-order valence-electron chi connectivity index (χ3n) is 2.76. The smallest absolute Gasteiger partial charge is 0.0878 e. The third-order valence-corrected chi connectivity index (χ3v) is 2.76. The largest absolute Gasteiger partial charge is 0.388 e. The second kappa shape index (κ2) is 5.10. The van der Waals surface area contributed by atoms with E-state index in [0.29, 0.717) is 6.42 Å². The van der Waals surface area contributed by atoms with Crippen LogP contribution in [-0.2, 0) is 19.9 Å². The van der Waals surface area contributed by atoms with Gasteiger partial charge in [0, 0.05) is 37.1 Å². The van der Waals surface area contributed by atoms with Gasteiger partial charge in [-0.15, -0.1) is 0 Å². The Morgan fingerprint density at radius 1 is 1.41 bits per heavy atom. The number of hydrogen-bond donors (Lipinski definition) is 1. The predicted octanol–water partition coefficient (Wildman–Crippen LogP) is 1.65. The van der Waals surface area contributed by atoms with Crippen molar-refractivity contribution in [3.8, 4) is 0 Å². The molecule has 0 aliphatic rings. The first-order valence-corrected chi connectivity index (χ1v) is 5.81. The maximum Gasteiger partial charge on any atom is 0.0878 e. The molecule has 90 valence electrons. The van der Waals surface area contributed by atoms with E-state index in [-0.39, 0.29) is 0 Å². The fourth-order valence-corrected chi connectivity index (χ4v) is 1.93. The van der Waals surface area contributed by atoms with Crippen LogP contribution in [0, 0.1) is 0 Å². The predicted molar refractivity (Wildman–Crippen MR) is 65.5 cm³/mol. The Kier molecular flexibility index (Phi) is 3.54. The first kappa shape index (κ1) is 11.8. The third kappa shape index (κ3) is 2.71. The summed E-state index contributed by atoms with van der Waals surface area (Å²) in [6.45, 7) is 2.04. The van der Waals surface area contributed by atoms with Gasteiger partial charge >= 0.3 is 0 Å². The van der Waals surface area contributed by atoms with E-state index in [1.807, 2.05) is 38.4 Å². The molecule has 0 aliphatic heterocycles. The highest BCUT2D eigenvalue weighted by molar-refractivity contribution is 5.21. The lowest BCUT2D eigenvalue weighted by Crippen LogP contribution is -2.04. The van der Waals surface area contributed by atoms with Crippen molar-refractivity contribution in [3.63, 3.8) is 0 Å². The van der Waals surface area contributed by atoms with Gasteiger partial charge in [0.25, 0.3) is 0 Å². The standard InChI is InChI=1S/C13H17N3O/c1-3-12-11(9-16(2)15-12)13(17)8-10-6-4-5-7-14-10/h4-7,9,13,17H,3,8H2,1-2H3. The van der Waals surface area contributed by atoms with Crippen LogP contribution >= 0.6 is 0 Å². The number of aliphatic hydroxyl groups excluding tert-OH is 1. The van der Waals surface area contributed by atoms with Crippen LogP contribution in [-0.4, -0.2) is 19.9 Å². The lowest BCUT2D eigenvalue weighted by atomic mass is 10.0.